The van der Waals surface area contributed by atoms with Crippen LogP contribution < -0.4 is 10.6 Å². The summed E-state index contributed by atoms with van der Waals surface area (Å²) in [6.45, 7) is 0.450. The molecule has 0 saturated heterocycles. The Kier molecular flexibility index (Phi) is 3.81. The van der Waals surface area contributed by atoms with Crippen LogP contribution in [-0.2, 0) is 11.2 Å². The van der Waals surface area contributed by atoms with Crippen LogP contribution in [0.15, 0.2) is 10.9 Å². The van der Waals surface area contributed by atoms with Gasteiger partial charge in [0, 0.05) is 18.3 Å². The van der Waals surface area contributed by atoms with E-state index in [1.54, 1.807) is 5.51 Å². The molecule has 0 bridgehead atoms. The van der Waals surface area contributed by atoms with E-state index in [1.807, 2.05) is 5.38 Å². The Morgan fingerprint density at radius 3 is 2.78 bits per heavy atom. The molecule has 1 aromatic heterocycles. The first kappa shape index (κ1) is 12.8. The summed E-state index contributed by atoms with van der Waals surface area (Å²) in [6, 6.07) is -0.424. The number of aliphatic carboxylic acids is 1. The van der Waals surface area contributed by atoms with Gasteiger partial charge in [-0.25, -0.2) is 14.6 Å². The summed E-state index contributed by atoms with van der Waals surface area (Å²) in [5.74, 6) is -0.955. The molecule has 0 unspecified atom stereocenters. The Balaban J connectivity index is 1.73. The molecular weight excluding hydrogens is 254 g/mol. The van der Waals surface area contributed by atoms with Gasteiger partial charge in [0.25, 0.3) is 0 Å². The maximum absolute atomic E-state index is 11.6. The molecule has 7 heteroatoms. The minimum absolute atomic E-state index is 0.424. The number of carbonyl (C=O) groups is 2. The van der Waals surface area contributed by atoms with Crippen LogP contribution in [0.4, 0.5) is 4.79 Å². The second-order valence-corrected chi connectivity index (χ2v) is 5.07. The van der Waals surface area contributed by atoms with E-state index >= 15 is 0 Å². The minimum atomic E-state index is -1.05. The number of nitrogens with zero attached hydrogens (tertiary/aromatic N) is 1. The molecule has 6 nitrogen and oxygen atoms in total. The molecule has 1 aliphatic rings. The van der Waals surface area contributed by atoms with Crippen LogP contribution in [0.1, 0.15) is 25.0 Å². The zero-order valence-corrected chi connectivity index (χ0v) is 10.6. The summed E-state index contributed by atoms with van der Waals surface area (Å²) in [6.07, 6.45) is 2.49. The van der Waals surface area contributed by atoms with Crippen molar-refractivity contribution in [2.24, 2.45) is 0 Å². The Morgan fingerprint density at radius 2 is 2.28 bits per heavy atom. The summed E-state index contributed by atoms with van der Waals surface area (Å²) in [4.78, 5) is 26.7. The van der Waals surface area contributed by atoms with Gasteiger partial charge in [-0.3, -0.25) is 0 Å². The topological polar surface area (TPSA) is 91.3 Å². The number of carboxylic acid groups (broad SMARTS) is 1. The molecule has 0 aromatic carbocycles. The molecule has 1 heterocycles. The molecule has 3 N–H and O–H groups in total. The van der Waals surface area contributed by atoms with E-state index in [1.165, 1.54) is 11.3 Å². The number of carboxylic acids is 1. The van der Waals surface area contributed by atoms with Crippen molar-refractivity contribution in [1.29, 1.82) is 0 Å². The predicted octanol–water partition coefficient (Wildman–Crippen LogP) is 0.992. The van der Waals surface area contributed by atoms with Crippen molar-refractivity contribution in [2.45, 2.75) is 31.2 Å². The lowest BCUT2D eigenvalue weighted by Crippen LogP contribution is -2.61. The molecule has 0 atom stereocenters. The lowest BCUT2D eigenvalue weighted by molar-refractivity contribution is -0.148. The standard InChI is InChI=1S/C11H15N3O3S/c15-9(16)11(3-1-4-11)14-10(17)12-5-2-8-6-18-7-13-8/h6-7H,1-5H2,(H,15,16)(H2,12,14,17). The number of thiazole rings is 1. The first-order valence-electron chi connectivity index (χ1n) is 5.79. The molecule has 1 aromatic rings. The van der Waals surface area contributed by atoms with Crippen molar-refractivity contribution in [1.82, 2.24) is 15.6 Å². The third-order valence-electron chi connectivity index (χ3n) is 3.12. The lowest BCUT2D eigenvalue weighted by atomic mass is 9.77. The number of amides is 2. The van der Waals surface area contributed by atoms with Crippen LogP contribution in [0.25, 0.3) is 0 Å². The molecule has 0 spiro atoms. The molecule has 1 saturated carbocycles. The third-order valence-corrected chi connectivity index (χ3v) is 3.75. The second kappa shape index (κ2) is 5.34. The molecule has 2 amide bonds. The highest BCUT2D eigenvalue weighted by Gasteiger charge is 2.45. The highest BCUT2D eigenvalue weighted by Crippen LogP contribution is 2.31. The summed E-state index contributed by atoms with van der Waals surface area (Å²) in [5, 5.41) is 16.2. The van der Waals surface area contributed by atoms with Gasteiger partial charge in [0.1, 0.15) is 5.54 Å². The molecular formula is C11H15N3O3S. The number of urea groups is 1. The van der Waals surface area contributed by atoms with Crippen LogP contribution in [-0.4, -0.2) is 34.2 Å². The normalized spacial score (nSPS) is 16.7. The van der Waals surface area contributed by atoms with Gasteiger partial charge < -0.3 is 15.7 Å². The van der Waals surface area contributed by atoms with Crippen LogP contribution >= 0.6 is 11.3 Å². The lowest BCUT2D eigenvalue weighted by Gasteiger charge is -2.38. The molecule has 1 aliphatic carbocycles. The third kappa shape index (κ3) is 2.79. The Labute approximate surface area is 108 Å². The van der Waals surface area contributed by atoms with Gasteiger partial charge in [0.2, 0.25) is 0 Å². The van der Waals surface area contributed by atoms with Crippen LogP contribution in [0.5, 0.6) is 0 Å². The number of carbonyl (C=O) groups excluding carboxylic acids is 1. The van der Waals surface area contributed by atoms with Crippen LogP contribution in [0.3, 0.4) is 0 Å². The summed E-state index contributed by atoms with van der Waals surface area (Å²) < 4.78 is 0. The van der Waals surface area contributed by atoms with E-state index in [4.69, 9.17) is 5.11 Å². The van der Waals surface area contributed by atoms with Gasteiger partial charge in [-0.1, -0.05) is 0 Å². The molecule has 18 heavy (non-hydrogen) atoms. The van der Waals surface area contributed by atoms with Crippen molar-refractivity contribution >= 4 is 23.3 Å². The second-order valence-electron chi connectivity index (χ2n) is 4.35. The fraction of sp³-hybridized carbons (Fsp3) is 0.545. The number of hydrogen-bond acceptors (Lipinski definition) is 4. The highest BCUT2D eigenvalue weighted by atomic mass is 32.1. The molecule has 1 fully saturated rings. The van der Waals surface area contributed by atoms with E-state index in [9.17, 15) is 9.59 Å². The average Bonchev–Trinajstić information content (AvgIpc) is 2.76. The molecule has 2 rings (SSSR count). The molecule has 0 radical (unpaired) electrons. The van der Waals surface area contributed by atoms with Crippen molar-refractivity contribution in [3.8, 4) is 0 Å². The first-order valence-corrected chi connectivity index (χ1v) is 6.73. The average molecular weight is 269 g/mol. The van der Waals surface area contributed by atoms with Gasteiger partial charge in [-0.05, 0) is 19.3 Å². The van der Waals surface area contributed by atoms with Crippen molar-refractivity contribution in [2.75, 3.05) is 6.54 Å². The Morgan fingerprint density at radius 1 is 1.50 bits per heavy atom. The summed E-state index contributed by atoms with van der Waals surface area (Å²) in [7, 11) is 0. The largest absolute Gasteiger partial charge is 0.480 e. The SMILES string of the molecule is O=C(NCCc1cscn1)NC1(C(=O)O)CCC1. The zero-order chi connectivity index (χ0) is 13.0. The minimum Gasteiger partial charge on any atom is -0.480 e. The number of hydrogen-bond donors (Lipinski definition) is 3. The van der Waals surface area contributed by atoms with E-state index in [0.29, 0.717) is 25.8 Å². The van der Waals surface area contributed by atoms with Crippen LogP contribution in [0.2, 0.25) is 0 Å². The number of nitrogens with one attached hydrogen (secondary N) is 2. The van der Waals surface area contributed by atoms with Crippen molar-refractivity contribution in [3.05, 3.63) is 16.6 Å². The quantitative estimate of drug-likeness (QED) is 0.743. The predicted molar refractivity (Wildman–Crippen MR) is 66.6 cm³/mol. The monoisotopic (exact) mass is 269 g/mol. The number of rotatable bonds is 5. The summed E-state index contributed by atoms with van der Waals surface area (Å²) in [5.41, 5.74) is 1.62. The number of aromatic nitrogens is 1. The van der Waals surface area contributed by atoms with E-state index in [2.05, 4.69) is 15.6 Å². The van der Waals surface area contributed by atoms with E-state index in [-0.39, 0.29) is 0 Å². The Hall–Kier alpha value is -1.63. The van der Waals surface area contributed by atoms with Crippen molar-refractivity contribution in [3.63, 3.8) is 0 Å². The van der Waals surface area contributed by atoms with E-state index in [0.717, 1.165) is 12.1 Å². The zero-order valence-electron chi connectivity index (χ0n) is 9.81. The van der Waals surface area contributed by atoms with Gasteiger partial charge >= 0.3 is 12.0 Å². The van der Waals surface area contributed by atoms with Gasteiger partial charge in [-0.2, -0.15) is 0 Å². The molecule has 98 valence electrons. The Bertz CT molecular complexity index is 429. The van der Waals surface area contributed by atoms with Crippen molar-refractivity contribution < 1.29 is 14.7 Å². The summed E-state index contributed by atoms with van der Waals surface area (Å²) >= 11 is 1.51. The van der Waals surface area contributed by atoms with Gasteiger partial charge in [-0.15, -0.1) is 11.3 Å². The molecule has 0 aliphatic heterocycles. The maximum Gasteiger partial charge on any atom is 0.329 e. The fourth-order valence-corrected chi connectivity index (χ4v) is 2.44. The fourth-order valence-electron chi connectivity index (χ4n) is 1.85. The maximum atomic E-state index is 11.6. The van der Waals surface area contributed by atoms with Gasteiger partial charge in [0.05, 0.1) is 11.2 Å². The highest BCUT2D eigenvalue weighted by molar-refractivity contribution is 7.07. The first-order chi connectivity index (χ1) is 8.62. The van der Waals surface area contributed by atoms with E-state index < -0.39 is 17.5 Å². The smallest absolute Gasteiger partial charge is 0.329 e. The van der Waals surface area contributed by atoms with Crippen LogP contribution in [0, 0.1) is 0 Å². The van der Waals surface area contributed by atoms with Gasteiger partial charge in [0.15, 0.2) is 0 Å².